The molecule has 0 radical (unpaired) electrons. The lowest BCUT2D eigenvalue weighted by Gasteiger charge is -2.30. The summed E-state index contributed by atoms with van der Waals surface area (Å²) in [6.07, 6.45) is 3.24. The number of likely N-dealkylation sites (N-methyl/N-ethyl adjacent to an activating group) is 1. The number of hydrogen-bond donors (Lipinski definition) is 4. The van der Waals surface area contributed by atoms with Gasteiger partial charge in [0, 0.05) is 38.3 Å². The molecule has 2 unspecified atom stereocenters. The molecule has 8 nitrogen and oxygen atoms in total. The Kier molecular flexibility index (Phi) is 7.02. The Morgan fingerprint density at radius 1 is 1.32 bits per heavy atom. The third-order valence-corrected chi connectivity index (χ3v) is 6.30. The van der Waals surface area contributed by atoms with Crippen molar-refractivity contribution >= 4 is 11.7 Å². The van der Waals surface area contributed by atoms with Gasteiger partial charge in [-0.2, -0.15) is 0 Å². The maximum atomic E-state index is 12.8. The van der Waals surface area contributed by atoms with Crippen molar-refractivity contribution in [1.29, 1.82) is 0 Å². The lowest BCUT2D eigenvalue weighted by molar-refractivity contribution is -0.118. The first-order valence-electron chi connectivity index (χ1n) is 11.2. The zero-order valence-electron chi connectivity index (χ0n) is 18.5. The highest BCUT2D eigenvalue weighted by molar-refractivity contribution is 6.04. The van der Waals surface area contributed by atoms with E-state index in [9.17, 15) is 9.90 Å². The minimum Gasteiger partial charge on any atom is -0.390 e. The van der Waals surface area contributed by atoms with Crippen molar-refractivity contribution in [2.24, 2.45) is 4.99 Å². The van der Waals surface area contributed by atoms with Crippen LogP contribution < -0.4 is 16.2 Å². The molecule has 0 bridgehead atoms. The van der Waals surface area contributed by atoms with Gasteiger partial charge in [0.1, 0.15) is 5.84 Å². The van der Waals surface area contributed by atoms with Crippen molar-refractivity contribution in [3.8, 4) is 0 Å². The van der Waals surface area contributed by atoms with E-state index in [-0.39, 0.29) is 24.5 Å². The molecule has 1 fully saturated rings. The molecule has 1 saturated heterocycles. The van der Waals surface area contributed by atoms with Gasteiger partial charge in [-0.05, 0) is 50.6 Å². The van der Waals surface area contributed by atoms with Gasteiger partial charge in [-0.3, -0.25) is 14.7 Å². The molecule has 0 saturated carbocycles. The Labute approximate surface area is 184 Å². The van der Waals surface area contributed by atoms with Gasteiger partial charge in [-0.25, -0.2) is 5.43 Å². The molecular formula is C23H34N6O2. The first-order valence-corrected chi connectivity index (χ1v) is 11.2. The molecule has 168 valence electrons. The zero-order chi connectivity index (χ0) is 21.8. The fraction of sp³-hybridized carbons (Fsp3) is 0.565. The van der Waals surface area contributed by atoms with Crippen molar-refractivity contribution in [2.45, 2.75) is 44.5 Å². The molecular weight excluding hydrogens is 392 g/mol. The topological polar surface area (TPSA) is 92.2 Å². The largest absolute Gasteiger partial charge is 0.390 e. The van der Waals surface area contributed by atoms with Crippen LogP contribution >= 0.6 is 0 Å². The molecule has 3 atom stereocenters. The number of benzene rings is 1. The van der Waals surface area contributed by atoms with Gasteiger partial charge in [-0.1, -0.05) is 24.3 Å². The highest BCUT2D eigenvalue weighted by Gasteiger charge is 2.25. The van der Waals surface area contributed by atoms with E-state index in [0.29, 0.717) is 18.0 Å². The number of carbonyl (C=O) groups is 1. The first kappa shape index (κ1) is 22.0. The summed E-state index contributed by atoms with van der Waals surface area (Å²) in [5.74, 6) is 0.525. The lowest BCUT2D eigenvalue weighted by Crippen LogP contribution is -2.51. The Hall–Kier alpha value is -2.26. The second-order valence-electron chi connectivity index (χ2n) is 8.93. The van der Waals surface area contributed by atoms with Crippen molar-refractivity contribution < 1.29 is 9.90 Å². The maximum Gasteiger partial charge on any atom is 0.249 e. The third-order valence-electron chi connectivity index (χ3n) is 6.30. The number of likely N-dealkylation sites (tertiary alicyclic amines) is 1. The van der Waals surface area contributed by atoms with Crippen molar-refractivity contribution in [2.75, 3.05) is 39.8 Å². The Morgan fingerprint density at radius 3 is 2.90 bits per heavy atom. The number of aliphatic imine (C=N–C) groups is 1. The number of carbonyl (C=O) groups excluding carboxylic acids is 1. The number of amidine groups is 1. The van der Waals surface area contributed by atoms with Crippen molar-refractivity contribution in [3.63, 3.8) is 0 Å². The van der Waals surface area contributed by atoms with Crippen LogP contribution in [0.1, 0.15) is 24.5 Å². The van der Waals surface area contributed by atoms with Crippen LogP contribution in [0.5, 0.6) is 0 Å². The highest BCUT2D eigenvalue weighted by Crippen LogP contribution is 2.18. The molecule has 3 aliphatic rings. The van der Waals surface area contributed by atoms with E-state index in [4.69, 9.17) is 4.99 Å². The quantitative estimate of drug-likeness (QED) is 0.514. The number of rotatable bonds is 6. The smallest absolute Gasteiger partial charge is 0.249 e. The van der Waals surface area contributed by atoms with Crippen LogP contribution in [0.3, 0.4) is 0 Å². The molecule has 31 heavy (non-hydrogen) atoms. The zero-order valence-corrected chi connectivity index (χ0v) is 18.5. The van der Waals surface area contributed by atoms with Crippen LogP contribution in [0.25, 0.3) is 0 Å². The number of hydrogen-bond acceptors (Lipinski definition) is 6. The molecule has 0 aliphatic carbocycles. The Bertz CT molecular complexity index is 854. The third kappa shape index (κ3) is 5.71. The first-order chi connectivity index (χ1) is 15.0. The molecule has 0 aromatic heterocycles. The average Bonchev–Trinajstić information content (AvgIpc) is 3.18. The predicted octanol–water partition coefficient (Wildman–Crippen LogP) is 0.0471. The van der Waals surface area contributed by atoms with E-state index in [1.807, 2.05) is 13.0 Å². The monoisotopic (exact) mass is 426 g/mol. The number of β-amino-alcohol motifs (C(OH)–C–C–N with tert-alkyl or cyclic N) is 1. The summed E-state index contributed by atoms with van der Waals surface area (Å²) >= 11 is 0. The molecule has 4 rings (SSSR count). The predicted molar refractivity (Wildman–Crippen MR) is 122 cm³/mol. The molecule has 3 heterocycles. The number of aliphatic hydroxyl groups excluding tert-OH is 1. The van der Waals surface area contributed by atoms with Gasteiger partial charge < -0.3 is 20.7 Å². The number of nitrogens with one attached hydrogen (secondary N) is 3. The van der Waals surface area contributed by atoms with Crippen molar-refractivity contribution in [1.82, 2.24) is 26.0 Å². The van der Waals surface area contributed by atoms with E-state index in [2.05, 4.69) is 57.3 Å². The van der Waals surface area contributed by atoms with Gasteiger partial charge in [0.2, 0.25) is 5.91 Å². The number of aliphatic hydroxyl groups is 1. The second-order valence-corrected chi connectivity index (χ2v) is 8.93. The van der Waals surface area contributed by atoms with Gasteiger partial charge in [0.25, 0.3) is 0 Å². The van der Waals surface area contributed by atoms with Crippen LogP contribution in [0.2, 0.25) is 0 Å². The minimum atomic E-state index is -0.609. The molecule has 8 heteroatoms. The van der Waals surface area contributed by atoms with E-state index < -0.39 is 6.10 Å². The summed E-state index contributed by atoms with van der Waals surface area (Å²) in [5, 5.41) is 13.4. The standard InChI is InChI=1S/C23H34N6O2/c1-16-21(11-22(27-26-16)25-19-8-9-28(2)14-19)23(31)24-12-20(30)15-29-10-7-17-5-3-4-6-18(17)13-29/h3-6,11,16,19-20,26,30H,7-10,12-15H2,1-2H3,(H,24,31)(H,25,27)/t16?,19?,20-/m0/s1. The summed E-state index contributed by atoms with van der Waals surface area (Å²) in [7, 11) is 2.09. The van der Waals surface area contributed by atoms with Gasteiger partial charge >= 0.3 is 0 Å². The Morgan fingerprint density at radius 2 is 2.13 bits per heavy atom. The fourth-order valence-electron chi connectivity index (χ4n) is 4.50. The summed E-state index contributed by atoms with van der Waals surface area (Å²) in [6.45, 7) is 6.46. The van der Waals surface area contributed by atoms with Crippen LogP contribution in [-0.4, -0.2) is 84.6 Å². The highest BCUT2D eigenvalue weighted by atomic mass is 16.3. The molecule has 3 aliphatic heterocycles. The summed E-state index contributed by atoms with van der Waals surface area (Å²) < 4.78 is 0. The summed E-state index contributed by atoms with van der Waals surface area (Å²) in [5.41, 5.74) is 9.55. The van der Waals surface area contributed by atoms with Crippen molar-refractivity contribution in [3.05, 3.63) is 47.0 Å². The van der Waals surface area contributed by atoms with Gasteiger partial charge in [0.15, 0.2) is 0 Å². The number of nitrogens with zero attached hydrogens (tertiary/aromatic N) is 3. The average molecular weight is 427 g/mol. The van der Waals surface area contributed by atoms with Crippen LogP contribution in [0.15, 0.2) is 40.9 Å². The Balaban J connectivity index is 1.28. The molecule has 4 N–H and O–H groups in total. The number of hydrazine groups is 1. The fourth-order valence-corrected chi connectivity index (χ4v) is 4.50. The van der Waals surface area contributed by atoms with Gasteiger partial charge in [-0.15, -0.1) is 0 Å². The normalized spacial score (nSPS) is 26.8. The van der Waals surface area contributed by atoms with Crippen LogP contribution in [0.4, 0.5) is 0 Å². The van der Waals surface area contributed by atoms with E-state index >= 15 is 0 Å². The van der Waals surface area contributed by atoms with E-state index in [0.717, 1.165) is 39.0 Å². The summed E-state index contributed by atoms with van der Waals surface area (Å²) in [6, 6.07) is 8.57. The van der Waals surface area contributed by atoms with E-state index in [1.54, 1.807) is 0 Å². The van der Waals surface area contributed by atoms with Gasteiger partial charge in [0.05, 0.1) is 18.2 Å². The second kappa shape index (κ2) is 9.91. The molecule has 1 aromatic rings. The van der Waals surface area contributed by atoms with E-state index in [1.165, 1.54) is 11.1 Å². The minimum absolute atomic E-state index is 0.138. The molecule has 1 amide bonds. The number of amides is 1. The SMILES string of the molecule is CC1NNC(=NC2CCN(C)C2)C=C1C(=O)NC[C@H](O)CN1CCc2ccccc2C1. The maximum absolute atomic E-state index is 12.8. The molecule has 1 aromatic carbocycles. The lowest BCUT2D eigenvalue weighted by atomic mass is 10.00. The number of fused-ring (bicyclic) bond motifs is 1. The van der Waals surface area contributed by atoms with Crippen LogP contribution in [-0.2, 0) is 17.8 Å². The van der Waals surface area contributed by atoms with Crippen LogP contribution in [0, 0.1) is 0 Å². The molecule has 0 spiro atoms. The summed E-state index contributed by atoms with van der Waals surface area (Å²) in [4.78, 5) is 22.0.